The molecular formula is C26H30FN3O6. The molecule has 0 bridgehead atoms. The summed E-state index contributed by atoms with van der Waals surface area (Å²) >= 11 is 0. The average Bonchev–Trinajstić information content (AvgIpc) is 2.87. The van der Waals surface area contributed by atoms with Crippen molar-refractivity contribution in [3.8, 4) is 11.4 Å². The number of nitrogens with one attached hydrogen (secondary N) is 1. The fourth-order valence-electron chi connectivity index (χ4n) is 3.04. The summed E-state index contributed by atoms with van der Waals surface area (Å²) in [5.74, 6) is -0.257. The Morgan fingerprint density at radius 1 is 1.08 bits per heavy atom. The Bertz CT molecular complexity index is 1150. The van der Waals surface area contributed by atoms with Gasteiger partial charge in [0.2, 0.25) is 0 Å². The van der Waals surface area contributed by atoms with Crippen LogP contribution in [0.4, 0.5) is 14.9 Å². The van der Waals surface area contributed by atoms with Gasteiger partial charge >= 0.3 is 6.09 Å². The fraction of sp³-hybridized carbons (Fsp3) is 0.308. The molecule has 0 aliphatic carbocycles. The van der Waals surface area contributed by atoms with Crippen LogP contribution in [0, 0.1) is 5.82 Å². The number of aldehydes is 1. The average molecular weight is 500 g/mol. The Labute approximate surface area is 208 Å². The highest BCUT2D eigenvalue weighted by Gasteiger charge is 2.14. The Hall–Kier alpha value is -3.89. The van der Waals surface area contributed by atoms with E-state index in [4.69, 9.17) is 14.2 Å². The van der Waals surface area contributed by atoms with Gasteiger partial charge < -0.3 is 19.0 Å². The fourth-order valence-corrected chi connectivity index (χ4v) is 3.04. The highest BCUT2D eigenvalue weighted by molar-refractivity contribution is 5.84. The van der Waals surface area contributed by atoms with Crippen LogP contribution in [0.25, 0.3) is 11.4 Å². The van der Waals surface area contributed by atoms with E-state index in [-0.39, 0.29) is 31.0 Å². The van der Waals surface area contributed by atoms with Gasteiger partial charge in [-0.05, 0) is 50.6 Å². The van der Waals surface area contributed by atoms with Gasteiger partial charge in [-0.1, -0.05) is 30.3 Å². The number of rotatable bonds is 10. The van der Waals surface area contributed by atoms with Crippen molar-refractivity contribution in [1.82, 2.24) is 9.55 Å². The van der Waals surface area contributed by atoms with Gasteiger partial charge in [0.05, 0.1) is 12.7 Å². The smallest absolute Gasteiger partial charge is 0.412 e. The first kappa shape index (κ1) is 28.3. The van der Waals surface area contributed by atoms with Crippen molar-refractivity contribution in [1.29, 1.82) is 0 Å². The molecule has 0 spiro atoms. The van der Waals surface area contributed by atoms with Crippen LogP contribution in [-0.2, 0) is 32.2 Å². The van der Waals surface area contributed by atoms with E-state index in [2.05, 4.69) is 10.3 Å². The van der Waals surface area contributed by atoms with E-state index >= 15 is 0 Å². The largest absolute Gasteiger partial charge is 0.444 e. The third kappa shape index (κ3) is 9.05. The molecule has 0 saturated heterocycles. The number of amides is 1. The molecule has 192 valence electrons. The van der Waals surface area contributed by atoms with E-state index in [0.717, 1.165) is 23.3 Å². The van der Waals surface area contributed by atoms with Gasteiger partial charge in [-0.15, -0.1) is 0 Å². The predicted molar refractivity (Wildman–Crippen MR) is 133 cm³/mol. The highest BCUT2D eigenvalue weighted by atomic mass is 19.1. The third-order valence-corrected chi connectivity index (χ3v) is 4.66. The molecule has 3 aromatic rings. The first-order valence-electron chi connectivity index (χ1n) is 11.4. The van der Waals surface area contributed by atoms with Gasteiger partial charge in [0.15, 0.2) is 6.29 Å². The second-order valence-electron chi connectivity index (χ2n) is 7.25. The molecule has 0 fully saturated rings. The number of hydrogen-bond donors (Lipinski definition) is 1. The molecule has 0 aliphatic heterocycles. The predicted octanol–water partition coefficient (Wildman–Crippen LogP) is 4.40. The molecular weight excluding hydrogens is 469 g/mol. The molecule has 1 amide bonds. The third-order valence-electron chi connectivity index (χ3n) is 4.66. The van der Waals surface area contributed by atoms with E-state index in [1.165, 1.54) is 30.5 Å². The van der Waals surface area contributed by atoms with E-state index in [1.54, 1.807) is 12.1 Å². The molecule has 9 nitrogen and oxygen atoms in total. The van der Waals surface area contributed by atoms with Gasteiger partial charge in [0.25, 0.3) is 5.56 Å². The normalized spacial score (nSPS) is 10.4. The maximum atomic E-state index is 13.1. The van der Waals surface area contributed by atoms with E-state index in [0.29, 0.717) is 11.8 Å². The van der Waals surface area contributed by atoms with Crippen molar-refractivity contribution < 1.29 is 28.2 Å². The quantitative estimate of drug-likeness (QED) is 0.325. The minimum atomic E-state index is -0.824. The lowest BCUT2D eigenvalue weighted by atomic mass is 10.2. The van der Waals surface area contributed by atoms with Crippen molar-refractivity contribution in [2.75, 3.05) is 18.5 Å². The molecule has 0 radical (unpaired) electrons. The minimum Gasteiger partial charge on any atom is -0.444 e. The summed E-state index contributed by atoms with van der Waals surface area (Å²) in [6.45, 7) is 7.02. The lowest BCUT2D eigenvalue weighted by molar-refractivity contribution is -0.123. The SMILES string of the molecule is CCOC(C)OCC.O=CCn1c(-c2ccc(F)cc2)ncc(NC(=O)OCc2ccccc2)c1=O. The second kappa shape index (κ2) is 15.2. The molecule has 0 atom stereocenters. The Morgan fingerprint density at radius 2 is 1.72 bits per heavy atom. The summed E-state index contributed by atoms with van der Waals surface area (Å²) in [6, 6.07) is 14.4. The number of nitrogens with zero attached hydrogens (tertiary/aromatic N) is 2. The van der Waals surface area contributed by atoms with Gasteiger partial charge in [-0.3, -0.25) is 14.7 Å². The number of carbonyl (C=O) groups excluding carboxylic acids is 2. The Kier molecular flexibility index (Phi) is 12.0. The molecule has 3 rings (SSSR count). The summed E-state index contributed by atoms with van der Waals surface area (Å²) in [5, 5.41) is 2.33. The van der Waals surface area contributed by atoms with Crippen LogP contribution >= 0.6 is 0 Å². The molecule has 0 unspecified atom stereocenters. The lowest BCUT2D eigenvalue weighted by Gasteiger charge is -2.12. The summed E-state index contributed by atoms with van der Waals surface area (Å²) in [4.78, 5) is 39.8. The number of aromatic nitrogens is 2. The van der Waals surface area contributed by atoms with E-state index in [9.17, 15) is 18.8 Å². The van der Waals surface area contributed by atoms with Gasteiger partial charge in [0, 0.05) is 18.8 Å². The van der Waals surface area contributed by atoms with E-state index in [1.807, 2.05) is 39.0 Å². The van der Waals surface area contributed by atoms with Gasteiger partial charge in [-0.2, -0.15) is 0 Å². The van der Waals surface area contributed by atoms with Crippen molar-refractivity contribution in [2.45, 2.75) is 40.2 Å². The number of benzene rings is 2. The number of hydrogen-bond acceptors (Lipinski definition) is 7. The Morgan fingerprint density at radius 3 is 2.31 bits per heavy atom. The van der Waals surface area contributed by atoms with Crippen molar-refractivity contribution in [3.05, 3.63) is 82.5 Å². The standard InChI is InChI=1S/C20H16FN3O4.C6H14O2/c21-16-8-6-15(7-9-16)18-22-12-17(19(26)24(18)10-11-25)23-20(27)28-13-14-4-2-1-3-5-14;1-4-7-6(3)8-5-2/h1-9,11-12H,10,13H2,(H,23,27);6H,4-5H2,1-3H3. The number of anilines is 1. The van der Waals surface area contributed by atoms with Crippen LogP contribution in [0.3, 0.4) is 0 Å². The first-order chi connectivity index (χ1) is 17.4. The zero-order valence-corrected chi connectivity index (χ0v) is 20.5. The van der Waals surface area contributed by atoms with Gasteiger partial charge in [0.1, 0.15) is 30.2 Å². The Balaban J connectivity index is 0.000000493. The molecule has 36 heavy (non-hydrogen) atoms. The van der Waals surface area contributed by atoms with Crippen LogP contribution in [0.5, 0.6) is 0 Å². The summed E-state index contributed by atoms with van der Waals surface area (Å²) in [5.41, 5.74) is 0.489. The molecule has 0 aliphatic rings. The van der Waals surface area contributed by atoms with Gasteiger partial charge in [-0.25, -0.2) is 14.2 Å². The van der Waals surface area contributed by atoms with Crippen molar-refractivity contribution in [3.63, 3.8) is 0 Å². The zero-order valence-electron chi connectivity index (χ0n) is 20.5. The molecule has 0 saturated carbocycles. The maximum Gasteiger partial charge on any atom is 0.412 e. The monoisotopic (exact) mass is 499 g/mol. The zero-order chi connectivity index (χ0) is 26.3. The molecule has 1 heterocycles. The lowest BCUT2D eigenvalue weighted by Crippen LogP contribution is -2.28. The summed E-state index contributed by atoms with van der Waals surface area (Å²) in [6.07, 6.45) is 0.847. The molecule has 1 aromatic heterocycles. The van der Waals surface area contributed by atoms with Crippen LogP contribution in [0.2, 0.25) is 0 Å². The topological polar surface area (TPSA) is 109 Å². The minimum absolute atomic E-state index is 0.0370. The maximum absolute atomic E-state index is 13.1. The van der Waals surface area contributed by atoms with Crippen molar-refractivity contribution in [2.24, 2.45) is 0 Å². The van der Waals surface area contributed by atoms with Crippen LogP contribution in [0.1, 0.15) is 26.3 Å². The van der Waals surface area contributed by atoms with Crippen LogP contribution in [-0.4, -0.2) is 41.4 Å². The molecule has 1 N–H and O–H groups in total. The van der Waals surface area contributed by atoms with Crippen molar-refractivity contribution >= 4 is 18.1 Å². The first-order valence-corrected chi connectivity index (χ1v) is 11.4. The van der Waals surface area contributed by atoms with Crippen LogP contribution < -0.4 is 10.9 Å². The summed E-state index contributed by atoms with van der Waals surface area (Å²) in [7, 11) is 0. The number of ether oxygens (including phenoxy) is 3. The second-order valence-corrected chi connectivity index (χ2v) is 7.25. The summed E-state index contributed by atoms with van der Waals surface area (Å²) < 4.78 is 29.4. The molecule has 2 aromatic carbocycles. The van der Waals surface area contributed by atoms with E-state index < -0.39 is 17.5 Å². The highest BCUT2D eigenvalue weighted by Crippen LogP contribution is 2.17. The molecule has 10 heteroatoms. The van der Waals surface area contributed by atoms with Crippen LogP contribution in [0.15, 0.2) is 65.6 Å². The number of carbonyl (C=O) groups is 2. The number of halogens is 1.